The monoisotopic (exact) mass is 394 g/mol. The van der Waals surface area contributed by atoms with Crippen LogP contribution in [0.25, 0.3) is 11.6 Å². The molecule has 2 aromatic rings. The van der Waals surface area contributed by atoms with E-state index in [2.05, 4.69) is 48.5 Å². The highest BCUT2D eigenvalue weighted by Crippen LogP contribution is 2.35. The predicted molar refractivity (Wildman–Crippen MR) is 116 cm³/mol. The molecular formula is C24H30N2O3. The molecule has 0 aromatic heterocycles. The number of fused-ring (bicyclic) bond motifs is 1. The van der Waals surface area contributed by atoms with E-state index in [9.17, 15) is 4.79 Å². The molecule has 5 nitrogen and oxygen atoms in total. The molecule has 0 spiro atoms. The van der Waals surface area contributed by atoms with E-state index in [4.69, 9.17) is 20.9 Å². The van der Waals surface area contributed by atoms with E-state index >= 15 is 0 Å². The number of rotatable bonds is 10. The zero-order valence-corrected chi connectivity index (χ0v) is 16.8. The number of nitrogens with two attached hydrogens (primary N) is 2. The fourth-order valence-corrected chi connectivity index (χ4v) is 3.46. The van der Waals surface area contributed by atoms with Crippen molar-refractivity contribution in [2.45, 2.75) is 38.1 Å². The van der Waals surface area contributed by atoms with Crippen molar-refractivity contribution in [2.75, 3.05) is 19.8 Å². The Morgan fingerprint density at radius 3 is 2.55 bits per heavy atom. The number of hydrogen-bond acceptors (Lipinski definition) is 5. The van der Waals surface area contributed by atoms with Gasteiger partial charge in [-0.25, -0.2) is 0 Å². The number of ether oxygens (including phenoxy) is 2. The minimum Gasteiger partial charge on any atom is -0.493 e. The van der Waals surface area contributed by atoms with Gasteiger partial charge in [-0.15, -0.1) is 0 Å². The molecule has 0 saturated carbocycles. The van der Waals surface area contributed by atoms with Crippen LogP contribution in [0.15, 0.2) is 48.5 Å². The number of unbranched alkanes of at least 4 members (excludes halogenated alkanes) is 2. The van der Waals surface area contributed by atoms with Crippen LogP contribution >= 0.6 is 0 Å². The van der Waals surface area contributed by atoms with Crippen LogP contribution in [-0.4, -0.2) is 31.8 Å². The van der Waals surface area contributed by atoms with Crippen LogP contribution in [-0.2, 0) is 16.0 Å². The highest BCUT2D eigenvalue weighted by Gasteiger charge is 2.16. The molecule has 29 heavy (non-hydrogen) atoms. The lowest BCUT2D eigenvalue weighted by atomic mass is 9.88. The molecule has 0 fully saturated rings. The van der Waals surface area contributed by atoms with Gasteiger partial charge in [0.25, 0.3) is 0 Å². The van der Waals surface area contributed by atoms with Crippen LogP contribution in [0.4, 0.5) is 0 Å². The fourth-order valence-electron chi connectivity index (χ4n) is 3.46. The minimum absolute atomic E-state index is 0.107. The van der Waals surface area contributed by atoms with E-state index in [1.165, 1.54) is 22.3 Å². The summed E-state index contributed by atoms with van der Waals surface area (Å²) in [6, 6.07) is 16.1. The summed E-state index contributed by atoms with van der Waals surface area (Å²) in [5.74, 6) is 0.550. The Morgan fingerprint density at radius 2 is 1.76 bits per heavy atom. The first-order chi connectivity index (χ1) is 14.2. The largest absolute Gasteiger partial charge is 0.493 e. The van der Waals surface area contributed by atoms with Gasteiger partial charge in [-0.3, -0.25) is 4.79 Å². The molecule has 0 amide bonds. The van der Waals surface area contributed by atoms with Gasteiger partial charge in [0.05, 0.1) is 13.2 Å². The minimum atomic E-state index is -0.723. The lowest BCUT2D eigenvalue weighted by molar-refractivity contribution is -0.145. The molecule has 154 valence electrons. The Morgan fingerprint density at radius 1 is 0.966 bits per heavy atom. The van der Waals surface area contributed by atoms with Crippen LogP contribution < -0.4 is 16.2 Å². The predicted octanol–water partition coefficient (Wildman–Crippen LogP) is 3.55. The van der Waals surface area contributed by atoms with E-state index < -0.39 is 12.0 Å². The number of benzene rings is 2. The van der Waals surface area contributed by atoms with Crippen molar-refractivity contribution in [1.29, 1.82) is 0 Å². The third-order valence-corrected chi connectivity index (χ3v) is 5.14. The highest BCUT2D eigenvalue weighted by atomic mass is 16.5. The molecule has 4 N–H and O–H groups in total. The summed E-state index contributed by atoms with van der Waals surface area (Å²) < 4.78 is 11.1. The SMILES string of the molecule is NCC(N)C(=O)OCCCCCOc1cccc2c1CCC(c1ccccc1)=C2. The topological polar surface area (TPSA) is 87.6 Å². The molecule has 1 atom stereocenters. The quantitative estimate of drug-likeness (QED) is 0.475. The van der Waals surface area contributed by atoms with E-state index in [1.807, 2.05) is 6.07 Å². The van der Waals surface area contributed by atoms with Crippen molar-refractivity contribution in [2.24, 2.45) is 11.5 Å². The zero-order chi connectivity index (χ0) is 20.5. The van der Waals surface area contributed by atoms with Crippen LogP contribution in [0.5, 0.6) is 5.75 Å². The van der Waals surface area contributed by atoms with Crippen molar-refractivity contribution in [3.63, 3.8) is 0 Å². The van der Waals surface area contributed by atoms with Crippen molar-refractivity contribution in [3.05, 3.63) is 65.2 Å². The van der Waals surface area contributed by atoms with Crippen LogP contribution in [0, 0.1) is 0 Å². The second kappa shape index (κ2) is 10.8. The number of esters is 1. The molecule has 0 heterocycles. The maximum absolute atomic E-state index is 11.4. The maximum atomic E-state index is 11.4. The summed E-state index contributed by atoms with van der Waals surface area (Å²) in [7, 11) is 0. The van der Waals surface area contributed by atoms with Gasteiger partial charge in [-0.2, -0.15) is 0 Å². The van der Waals surface area contributed by atoms with E-state index in [1.54, 1.807) is 0 Å². The molecule has 2 aromatic carbocycles. The van der Waals surface area contributed by atoms with Gasteiger partial charge in [0.15, 0.2) is 0 Å². The van der Waals surface area contributed by atoms with Gasteiger partial charge in [-0.05, 0) is 54.9 Å². The summed E-state index contributed by atoms with van der Waals surface area (Å²) in [6.07, 6.45) is 6.93. The Hall–Kier alpha value is -2.63. The smallest absolute Gasteiger partial charge is 0.324 e. The first kappa shape index (κ1) is 21.1. The van der Waals surface area contributed by atoms with Crippen LogP contribution in [0.2, 0.25) is 0 Å². The van der Waals surface area contributed by atoms with E-state index in [0.29, 0.717) is 13.2 Å². The van der Waals surface area contributed by atoms with Crippen molar-refractivity contribution in [1.82, 2.24) is 0 Å². The number of carbonyl (C=O) groups is 1. The molecule has 0 radical (unpaired) electrons. The molecule has 1 aliphatic carbocycles. The Balaban J connectivity index is 1.45. The van der Waals surface area contributed by atoms with Crippen LogP contribution in [0.1, 0.15) is 42.4 Å². The van der Waals surface area contributed by atoms with Gasteiger partial charge >= 0.3 is 5.97 Å². The van der Waals surface area contributed by atoms with Crippen molar-refractivity contribution >= 4 is 17.6 Å². The third-order valence-electron chi connectivity index (χ3n) is 5.14. The van der Waals surface area contributed by atoms with Gasteiger partial charge in [-0.1, -0.05) is 48.5 Å². The molecule has 1 unspecified atom stereocenters. The van der Waals surface area contributed by atoms with Crippen molar-refractivity contribution < 1.29 is 14.3 Å². The molecule has 0 aliphatic heterocycles. The van der Waals surface area contributed by atoms with Crippen LogP contribution in [0.3, 0.4) is 0 Å². The van der Waals surface area contributed by atoms with E-state index in [-0.39, 0.29) is 6.54 Å². The zero-order valence-electron chi connectivity index (χ0n) is 16.8. The van der Waals surface area contributed by atoms with E-state index in [0.717, 1.165) is 37.9 Å². The van der Waals surface area contributed by atoms with Gasteiger partial charge < -0.3 is 20.9 Å². The Bertz CT molecular complexity index is 833. The Kier molecular flexibility index (Phi) is 7.85. The summed E-state index contributed by atoms with van der Waals surface area (Å²) in [6.45, 7) is 1.14. The Labute approximate surface area is 172 Å². The maximum Gasteiger partial charge on any atom is 0.324 e. The molecular weight excluding hydrogens is 364 g/mol. The van der Waals surface area contributed by atoms with Crippen molar-refractivity contribution in [3.8, 4) is 5.75 Å². The fraction of sp³-hybridized carbons (Fsp3) is 0.375. The highest BCUT2D eigenvalue weighted by molar-refractivity contribution is 5.85. The second-order valence-electron chi connectivity index (χ2n) is 7.28. The molecule has 5 heteroatoms. The molecule has 0 saturated heterocycles. The number of hydrogen-bond donors (Lipinski definition) is 2. The summed E-state index contributed by atoms with van der Waals surface area (Å²) in [5, 5.41) is 0. The first-order valence-corrected chi connectivity index (χ1v) is 10.3. The standard InChI is InChI=1S/C24H30N2O3/c25-17-22(26)24(27)29-15-6-2-5-14-28-23-11-7-10-20-16-19(12-13-21(20)23)18-8-3-1-4-9-18/h1,3-4,7-11,16,22H,2,5-6,12-15,17,25-26H2. The van der Waals surface area contributed by atoms with Gasteiger partial charge in [0, 0.05) is 12.1 Å². The average molecular weight is 395 g/mol. The molecule has 3 rings (SSSR count). The number of allylic oxidation sites excluding steroid dienone is 1. The van der Waals surface area contributed by atoms with Gasteiger partial charge in [0.1, 0.15) is 11.8 Å². The average Bonchev–Trinajstić information content (AvgIpc) is 2.78. The summed E-state index contributed by atoms with van der Waals surface area (Å²) in [5.41, 5.74) is 16.1. The summed E-state index contributed by atoms with van der Waals surface area (Å²) in [4.78, 5) is 11.4. The number of carbonyl (C=O) groups excluding carboxylic acids is 1. The first-order valence-electron chi connectivity index (χ1n) is 10.3. The summed E-state index contributed by atoms with van der Waals surface area (Å²) >= 11 is 0. The second-order valence-corrected chi connectivity index (χ2v) is 7.28. The lowest BCUT2D eigenvalue weighted by Gasteiger charge is -2.20. The third kappa shape index (κ3) is 5.92. The lowest BCUT2D eigenvalue weighted by Crippen LogP contribution is -2.39. The normalized spacial score (nSPS) is 13.9. The molecule has 1 aliphatic rings. The van der Waals surface area contributed by atoms with Gasteiger partial charge in [0.2, 0.25) is 0 Å². The molecule has 0 bridgehead atoms.